The molecule has 0 saturated heterocycles. The van der Waals surface area contributed by atoms with Gasteiger partial charge in [0.1, 0.15) is 6.79 Å². The zero-order chi connectivity index (χ0) is 15.7. The Bertz CT molecular complexity index is 301. The molecule has 1 aliphatic carbocycles. The Balaban J connectivity index is 2.07. The molecule has 1 fully saturated rings. The number of unbranched alkanes of at least 4 members (excludes halogenated alkanes) is 1. The first kappa shape index (κ1) is 18.4. The summed E-state index contributed by atoms with van der Waals surface area (Å²) in [5.74, 6) is -1.09. The molecule has 0 aliphatic heterocycles. The first-order valence-corrected chi connectivity index (χ1v) is 8.38. The van der Waals surface area contributed by atoms with Crippen LogP contribution in [0.3, 0.4) is 0 Å². The van der Waals surface area contributed by atoms with Crippen LogP contribution >= 0.6 is 0 Å². The number of hydrogen-bond donors (Lipinski definition) is 1. The second-order valence-corrected chi connectivity index (χ2v) is 6.94. The van der Waals surface area contributed by atoms with Gasteiger partial charge in [-0.2, -0.15) is 0 Å². The van der Waals surface area contributed by atoms with Crippen molar-refractivity contribution in [2.24, 2.45) is 11.3 Å². The van der Waals surface area contributed by atoms with Crippen LogP contribution in [0.15, 0.2) is 0 Å². The van der Waals surface area contributed by atoms with Gasteiger partial charge in [-0.1, -0.05) is 46.5 Å². The highest BCUT2D eigenvalue weighted by Crippen LogP contribution is 2.28. The van der Waals surface area contributed by atoms with E-state index in [0.29, 0.717) is 12.0 Å². The molecule has 21 heavy (non-hydrogen) atoms. The van der Waals surface area contributed by atoms with E-state index in [4.69, 9.17) is 14.6 Å². The molecule has 0 spiro atoms. The van der Waals surface area contributed by atoms with E-state index in [1.807, 2.05) is 0 Å². The van der Waals surface area contributed by atoms with Crippen LogP contribution in [0.25, 0.3) is 0 Å². The maximum Gasteiger partial charge on any atom is 0.309 e. The van der Waals surface area contributed by atoms with Gasteiger partial charge in [0.05, 0.1) is 12.0 Å². The normalized spacial score (nSPS) is 23.2. The number of carboxylic acid groups (broad SMARTS) is 1. The predicted molar refractivity (Wildman–Crippen MR) is 83.2 cm³/mol. The number of carboxylic acids is 1. The quantitative estimate of drug-likeness (QED) is 0.484. The van der Waals surface area contributed by atoms with Gasteiger partial charge < -0.3 is 14.6 Å². The van der Waals surface area contributed by atoms with E-state index >= 15 is 0 Å². The summed E-state index contributed by atoms with van der Waals surface area (Å²) in [5.41, 5.74) is 0.424. The van der Waals surface area contributed by atoms with E-state index in [1.54, 1.807) is 0 Å². The number of carbonyl (C=O) groups is 1. The standard InChI is InChI=1S/C17H32O4/c1-4-17(2,3)11-7-8-12-20-13-21-15-10-6-5-9-14(15)16(18)19/h14-15H,4-13H2,1-3H3,(H,18,19). The fourth-order valence-electron chi connectivity index (χ4n) is 2.76. The lowest BCUT2D eigenvalue weighted by Gasteiger charge is -2.28. The third kappa shape index (κ3) is 7.28. The van der Waals surface area contributed by atoms with Crippen LogP contribution in [0.1, 0.15) is 72.1 Å². The van der Waals surface area contributed by atoms with Crippen LogP contribution in [0.4, 0.5) is 0 Å². The molecule has 1 saturated carbocycles. The van der Waals surface area contributed by atoms with Crippen molar-refractivity contribution in [3.63, 3.8) is 0 Å². The van der Waals surface area contributed by atoms with Gasteiger partial charge >= 0.3 is 5.97 Å². The van der Waals surface area contributed by atoms with Gasteiger partial charge in [-0.05, 0) is 31.1 Å². The summed E-state index contributed by atoms with van der Waals surface area (Å²) in [4.78, 5) is 11.1. The summed E-state index contributed by atoms with van der Waals surface area (Å²) in [6, 6.07) is 0. The second kappa shape index (κ2) is 9.42. The molecule has 2 atom stereocenters. The van der Waals surface area contributed by atoms with E-state index in [1.165, 1.54) is 19.3 Å². The molecule has 2 unspecified atom stereocenters. The molecular weight excluding hydrogens is 268 g/mol. The van der Waals surface area contributed by atoms with E-state index in [2.05, 4.69) is 20.8 Å². The van der Waals surface area contributed by atoms with Crippen LogP contribution < -0.4 is 0 Å². The Labute approximate surface area is 129 Å². The van der Waals surface area contributed by atoms with E-state index in [9.17, 15) is 4.79 Å². The minimum atomic E-state index is -0.735. The number of ether oxygens (including phenoxy) is 2. The summed E-state index contributed by atoms with van der Waals surface area (Å²) in [6.45, 7) is 7.75. The summed E-state index contributed by atoms with van der Waals surface area (Å²) in [6.07, 6.45) is 8.08. The summed E-state index contributed by atoms with van der Waals surface area (Å²) in [7, 11) is 0. The molecule has 4 heteroatoms. The number of hydrogen-bond acceptors (Lipinski definition) is 3. The fourth-order valence-corrected chi connectivity index (χ4v) is 2.76. The smallest absolute Gasteiger partial charge is 0.309 e. The van der Waals surface area contributed by atoms with Gasteiger partial charge in [-0.15, -0.1) is 0 Å². The Morgan fingerprint density at radius 1 is 1.24 bits per heavy atom. The molecule has 0 aromatic heterocycles. The molecule has 0 heterocycles. The lowest BCUT2D eigenvalue weighted by atomic mass is 9.85. The molecule has 0 radical (unpaired) electrons. The highest BCUT2D eigenvalue weighted by atomic mass is 16.7. The third-order valence-corrected chi connectivity index (χ3v) is 4.73. The maximum atomic E-state index is 11.1. The largest absolute Gasteiger partial charge is 0.481 e. The third-order valence-electron chi connectivity index (χ3n) is 4.73. The Kier molecular flexibility index (Phi) is 8.27. The first-order valence-electron chi connectivity index (χ1n) is 8.38. The zero-order valence-electron chi connectivity index (χ0n) is 13.9. The van der Waals surface area contributed by atoms with Gasteiger partial charge in [0.2, 0.25) is 0 Å². The van der Waals surface area contributed by atoms with Gasteiger partial charge in [0, 0.05) is 6.61 Å². The van der Waals surface area contributed by atoms with Crippen molar-refractivity contribution in [3.05, 3.63) is 0 Å². The van der Waals surface area contributed by atoms with Crippen molar-refractivity contribution in [1.82, 2.24) is 0 Å². The molecule has 0 aromatic rings. The fraction of sp³-hybridized carbons (Fsp3) is 0.941. The zero-order valence-corrected chi connectivity index (χ0v) is 13.9. The summed E-state index contributed by atoms with van der Waals surface area (Å²) >= 11 is 0. The maximum absolute atomic E-state index is 11.1. The highest BCUT2D eigenvalue weighted by Gasteiger charge is 2.31. The lowest BCUT2D eigenvalue weighted by molar-refractivity contribution is -0.158. The Hall–Kier alpha value is -0.610. The topological polar surface area (TPSA) is 55.8 Å². The molecule has 124 valence electrons. The lowest BCUT2D eigenvalue weighted by Crippen LogP contribution is -2.34. The van der Waals surface area contributed by atoms with Gasteiger partial charge in [0.15, 0.2) is 0 Å². The molecule has 0 amide bonds. The van der Waals surface area contributed by atoms with Crippen LogP contribution in [0, 0.1) is 11.3 Å². The number of aliphatic carboxylic acids is 1. The average molecular weight is 300 g/mol. The van der Waals surface area contributed by atoms with Crippen molar-refractivity contribution in [2.45, 2.75) is 78.2 Å². The number of rotatable bonds is 10. The van der Waals surface area contributed by atoms with Gasteiger partial charge in [-0.3, -0.25) is 4.79 Å². The SMILES string of the molecule is CCC(C)(C)CCCCOCOC1CCCCC1C(=O)O. The van der Waals surface area contributed by atoms with Crippen LogP contribution in [0.5, 0.6) is 0 Å². The van der Waals surface area contributed by atoms with Crippen LogP contribution in [-0.4, -0.2) is 30.6 Å². The van der Waals surface area contributed by atoms with Gasteiger partial charge in [0.25, 0.3) is 0 Å². The molecule has 1 N–H and O–H groups in total. The monoisotopic (exact) mass is 300 g/mol. The molecular formula is C17H32O4. The first-order chi connectivity index (χ1) is 9.96. The van der Waals surface area contributed by atoms with Crippen LogP contribution in [-0.2, 0) is 14.3 Å². The average Bonchev–Trinajstić information content (AvgIpc) is 2.46. The molecule has 0 aromatic carbocycles. The van der Waals surface area contributed by atoms with Crippen molar-refractivity contribution in [2.75, 3.05) is 13.4 Å². The molecule has 4 nitrogen and oxygen atoms in total. The minimum Gasteiger partial charge on any atom is -0.481 e. The van der Waals surface area contributed by atoms with Crippen molar-refractivity contribution in [3.8, 4) is 0 Å². The van der Waals surface area contributed by atoms with Gasteiger partial charge in [-0.25, -0.2) is 0 Å². The minimum absolute atomic E-state index is 0.171. The van der Waals surface area contributed by atoms with E-state index < -0.39 is 5.97 Å². The molecule has 0 bridgehead atoms. The van der Waals surface area contributed by atoms with Crippen molar-refractivity contribution < 1.29 is 19.4 Å². The van der Waals surface area contributed by atoms with E-state index in [0.717, 1.165) is 32.1 Å². The summed E-state index contributed by atoms with van der Waals surface area (Å²) in [5, 5.41) is 9.16. The second-order valence-electron chi connectivity index (χ2n) is 6.94. The predicted octanol–water partition coefficient (Wildman–Crippen LogP) is 4.23. The molecule has 1 rings (SSSR count). The van der Waals surface area contributed by atoms with Crippen molar-refractivity contribution in [1.29, 1.82) is 0 Å². The summed E-state index contributed by atoms with van der Waals surface area (Å²) < 4.78 is 11.1. The van der Waals surface area contributed by atoms with E-state index in [-0.39, 0.29) is 18.8 Å². The highest BCUT2D eigenvalue weighted by molar-refractivity contribution is 5.70. The van der Waals surface area contributed by atoms with Crippen LogP contribution in [0.2, 0.25) is 0 Å². The van der Waals surface area contributed by atoms with Crippen molar-refractivity contribution >= 4 is 5.97 Å². The Morgan fingerprint density at radius 3 is 2.62 bits per heavy atom. The molecule has 1 aliphatic rings. The Morgan fingerprint density at radius 2 is 1.95 bits per heavy atom.